The van der Waals surface area contributed by atoms with Crippen LogP contribution in [0, 0.1) is 0 Å². The molecule has 0 aliphatic heterocycles. The third kappa shape index (κ3) is 4.09. The lowest BCUT2D eigenvalue weighted by Crippen LogP contribution is -1.99. The van der Waals surface area contributed by atoms with Crippen LogP contribution in [0.1, 0.15) is 5.56 Å². The highest BCUT2D eigenvalue weighted by Crippen LogP contribution is 2.43. The summed E-state index contributed by atoms with van der Waals surface area (Å²) in [7, 11) is 0. The van der Waals surface area contributed by atoms with Crippen molar-refractivity contribution in [3.05, 3.63) is 84.4 Å². The molecule has 2 nitrogen and oxygen atoms in total. The van der Waals surface area contributed by atoms with Gasteiger partial charge in [-0.05, 0) is 41.2 Å². The molecule has 0 unspecified atom stereocenters. The summed E-state index contributed by atoms with van der Waals surface area (Å²) in [5.74, 6) is 0.823. The second kappa shape index (κ2) is 8.85. The second-order valence-electron chi connectivity index (χ2n) is 6.73. The maximum atomic E-state index is 6.56. The lowest BCUT2D eigenvalue weighted by atomic mass is 9.96. The molecule has 0 fully saturated rings. The summed E-state index contributed by atoms with van der Waals surface area (Å²) >= 11 is 3.51. The van der Waals surface area contributed by atoms with Crippen molar-refractivity contribution in [1.29, 1.82) is 0 Å². The predicted octanol–water partition coefficient (Wildman–Crippen LogP) is 7.11. The molecule has 0 aromatic heterocycles. The molecule has 0 radical (unpaired) electrons. The van der Waals surface area contributed by atoms with Gasteiger partial charge in [0.1, 0.15) is 12.4 Å². The van der Waals surface area contributed by atoms with Crippen molar-refractivity contribution in [2.75, 3.05) is 18.2 Å². The van der Waals surface area contributed by atoms with Crippen molar-refractivity contribution in [3.8, 4) is 16.9 Å². The first-order valence-electron chi connectivity index (χ1n) is 9.41. The molecule has 0 aliphatic rings. The Kier molecular flexibility index (Phi) is 6.02. The highest BCUT2D eigenvalue weighted by atomic mass is 32.2. The summed E-state index contributed by atoms with van der Waals surface area (Å²) in [5, 5.41) is 2.22. The van der Waals surface area contributed by atoms with Crippen LogP contribution in [0.2, 0.25) is 0 Å². The van der Waals surface area contributed by atoms with Crippen LogP contribution in [0.15, 0.2) is 88.7 Å². The Hall–Kier alpha value is -2.56. The third-order valence-electron chi connectivity index (χ3n) is 4.93. The van der Waals surface area contributed by atoms with Crippen molar-refractivity contribution < 1.29 is 4.74 Å². The molecule has 0 saturated heterocycles. The number of hydrogen-bond donors (Lipinski definition) is 1. The van der Waals surface area contributed by atoms with Gasteiger partial charge in [-0.25, -0.2) is 0 Å². The molecule has 0 aliphatic carbocycles. The fourth-order valence-corrected chi connectivity index (χ4v) is 5.01. The molecular weight excluding hydrogens is 394 g/mol. The smallest absolute Gasteiger partial charge is 0.129 e. The van der Waals surface area contributed by atoms with Gasteiger partial charge in [-0.2, -0.15) is 0 Å². The lowest BCUT2D eigenvalue weighted by Gasteiger charge is -2.18. The molecule has 0 bridgehead atoms. The van der Waals surface area contributed by atoms with E-state index in [-0.39, 0.29) is 0 Å². The molecule has 0 saturated carbocycles. The number of ether oxygens (including phenoxy) is 1. The average Bonchev–Trinajstić information content (AvgIpc) is 2.77. The van der Waals surface area contributed by atoms with Crippen LogP contribution < -0.4 is 10.5 Å². The van der Waals surface area contributed by atoms with E-state index in [2.05, 4.69) is 48.9 Å². The number of benzene rings is 4. The maximum Gasteiger partial charge on any atom is 0.129 e. The number of nitrogen functional groups attached to an aromatic ring is 1. The minimum absolute atomic E-state index is 0.513. The highest BCUT2D eigenvalue weighted by Gasteiger charge is 2.16. The van der Waals surface area contributed by atoms with Crippen molar-refractivity contribution in [3.63, 3.8) is 0 Å². The Labute approximate surface area is 180 Å². The van der Waals surface area contributed by atoms with Gasteiger partial charge in [0.2, 0.25) is 0 Å². The average molecular weight is 418 g/mol. The second-order valence-corrected chi connectivity index (χ2v) is 8.43. The van der Waals surface area contributed by atoms with E-state index >= 15 is 0 Å². The molecule has 4 heteroatoms. The zero-order chi connectivity index (χ0) is 20.2. The molecule has 0 spiro atoms. The minimum atomic E-state index is 0.513. The summed E-state index contributed by atoms with van der Waals surface area (Å²) < 4.78 is 6.25. The van der Waals surface area contributed by atoms with Crippen LogP contribution in [0.4, 0.5) is 5.69 Å². The van der Waals surface area contributed by atoms with Gasteiger partial charge in [0.05, 0.1) is 0 Å². The Bertz CT molecular complexity index is 1130. The molecular formula is C25H23NOS2. The van der Waals surface area contributed by atoms with Crippen molar-refractivity contribution in [2.45, 2.75) is 16.4 Å². The van der Waals surface area contributed by atoms with Gasteiger partial charge in [0.25, 0.3) is 0 Å². The fraction of sp³-hybridized carbons (Fsp3) is 0.120. The number of fused-ring (bicyclic) bond motifs is 1. The first-order chi connectivity index (χ1) is 14.2. The third-order valence-corrected chi connectivity index (χ3v) is 6.62. The molecule has 2 N–H and O–H groups in total. The van der Waals surface area contributed by atoms with Crippen molar-refractivity contribution in [2.24, 2.45) is 0 Å². The van der Waals surface area contributed by atoms with E-state index in [1.54, 1.807) is 23.5 Å². The SMILES string of the molecule is CSc1cc2c(OCc3ccccc3)cc(N)c(-c3ccccc3)c2cc1SC. The van der Waals surface area contributed by atoms with E-state index in [9.17, 15) is 0 Å². The summed E-state index contributed by atoms with van der Waals surface area (Å²) in [5.41, 5.74) is 10.6. The molecule has 146 valence electrons. The molecule has 29 heavy (non-hydrogen) atoms. The number of rotatable bonds is 6. The van der Waals surface area contributed by atoms with E-state index in [4.69, 9.17) is 10.5 Å². The van der Waals surface area contributed by atoms with E-state index < -0.39 is 0 Å². The fourth-order valence-electron chi connectivity index (χ4n) is 3.52. The quantitative estimate of drug-likeness (QED) is 0.268. The Morgan fingerprint density at radius 3 is 1.97 bits per heavy atom. The van der Waals surface area contributed by atoms with E-state index in [0.717, 1.165) is 38.9 Å². The first kappa shape index (κ1) is 19.7. The van der Waals surface area contributed by atoms with E-state index in [0.29, 0.717) is 6.61 Å². The normalized spacial score (nSPS) is 11.0. The maximum absolute atomic E-state index is 6.56. The van der Waals surface area contributed by atoms with Crippen LogP contribution in [0.25, 0.3) is 21.9 Å². The molecule has 4 aromatic carbocycles. The number of hydrogen-bond acceptors (Lipinski definition) is 4. The lowest BCUT2D eigenvalue weighted by molar-refractivity contribution is 0.310. The van der Waals surface area contributed by atoms with Crippen LogP contribution in [0.5, 0.6) is 5.75 Å². The van der Waals surface area contributed by atoms with Gasteiger partial charge < -0.3 is 10.5 Å². The van der Waals surface area contributed by atoms with Crippen LogP contribution in [0.3, 0.4) is 0 Å². The topological polar surface area (TPSA) is 35.2 Å². The molecule has 0 atom stereocenters. The van der Waals surface area contributed by atoms with E-state index in [1.165, 1.54) is 9.79 Å². The van der Waals surface area contributed by atoms with Gasteiger partial charge in [-0.15, -0.1) is 23.5 Å². The van der Waals surface area contributed by atoms with Gasteiger partial charge in [-0.3, -0.25) is 0 Å². The van der Waals surface area contributed by atoms with Crippen LogP contribution >= 0.6 is 23.5 Å². The Balaban J connectivity index is 1.90. The molecule has 4 aromatic rings. The summed E-state index contributed by atoms with van der Waals surface area (Å²) in [6.07, 6.45) is 4.23. The zero-order valence-electron chi connectivity index (χ0n) is 16.5. The highest BCUT2D eigenvalue weighted by molar-refractivity contribution is 8.01. The van der Waals surface area contributed by atoms with Gasteiger partial charge in [0.15, 0.2) is 0 Å². The summed E-state index contributed by atoms with van der Waals surface area (Å²) in [6.45, 7) is 0.513. The van der Waals surface area contributed by atoms with Gasteiger partial charge in [0, 0.05) is 32.5 Å². The Morgan fingerprint density at radius 2 is 1.34 bits per heavy atom. The van der Waals surface area contributed by atoms with Crippen LogP contribution in [-0.4, -0.2) is 12.5 Å². The monoisotopic (exact) mass is 417 g/mol. The molecule has 4 rings (SSSR count). The standard InChI is InChI=1S/C25H23NOS2/c1-28-23-13-19-20(14-24(23)29-2)25(18-11-7-4-8-12-18)21(26)15-22(19)27-16-17-9-5-3-6-10-17/h3-15H,16,26H2,1-2H3. The largest absolute Gasteiger partial charge is 0.488 e. The molecule has 0 heterocycles. The van der Waals surface area contributed by atoms with Crippen molar-refractivity contribution >= 4 is 40.0 Å². The number of anilines is 1. The molecule has 0 amide bonds. The number of nitrogens with two attached hydrogens (primary N) is 1. The Morgan fingerprint density at radius 1 is 0.759 bits per heavy atom. The van der Waals surface area contributed by atoms with Crippen molar-refractivity contribution in [1.82, 2.24) is 0 Å². The van der Waals surface area contributed by atoms with Gasteiger partial charge >= 0.3 is 0 Å². The van der Waals surface area contributed by atoms with Crippen LogP contribution in [-0.2, 0) is 6.61 Å². The first-order valence-corrected chi connectivity index (χ1v) is 11.9. The minimum Gasteiger partial charge on any atom is -0.488 e. The van der Waals surface area contributed by atoms with Gasteiger partial charge in [-0.1, -0.05) is 60.7 Å². The summed E-state index contributed by atoms with van der Waals surface area (Å²) in [6, 6.07) is 27.0. The van der Waals surface area contributed by atoms with E-state index in [1.807, 2.05) is 42.5 Å². The summed E-state index contributed by atoms with van der Waals surface area (Å²) in [4.78, 5) is 2.50. The zero-order valence-corrected chi connectivity index (χ0v) is 18.1. The predicted molar refractivity (Wildman–Crippen MR) is 128 cm³/mol. The number of thioether (sulfide) groups is 2.